The quantitative estimate of drug-likeness (QED) is 0.587. The van der Waals surface area contributed by atoms with Crippen LogP contribution >= 0.6 is 11.3 Å². The van der Waals surface area contributed by atoms with Crippen LogP contribution in [0, 0.1) is 5.92 Å². The maximum Gasteiger partial charge on any atom is 0.338 e. The van der Waals surface area contributed by atoms with Gasteiger partial charge >= 0.3 is 5.97 Å². The molecule has 0 bridgehead atoms. The molecule has 1 atom stereocenters. The van der Waals surface area contributed by atoms with Gasteiger partial charge in [0.1, 0.15) is 12.4 Å². The predicted octanol–water partition coefficient (Wildman–Crippen LogP) is 4.24. The number of rotatable bonds is 6. The standard InChI is InChI=1S/C18H19NO3S/c20-18(22-10-14-4-2-1-3-5-14)15-6-8-17(9-7-15)21-11-16-12-23-13-19-16/h1-2,6-9,12-14H,3-5,10-11H2. The Labute approximate surface area is 139 Å². The molecule has 3 rings (SSSR count). The summed E-state index contributed by atoms with van der Waals surface area (Å²) < 4.78 is 11.0. The summed E-state index contributed by atoms with van der Waals surface area (Å²) >= 11 is 1.54. The predicted molar refractivity (Wildman–Crippen MR) is 89.7 cm³/mol. The second kappa shape index (κ2) is 7.92. The highest BCUT2D eigenvalue weighted by atomic mass is 32.1. The number of esters is 1. The van der Waals surface area contributed by atoms with Gasteiger partial charge in [-0.25, -0.2) is 9.78 Å². The van der Waals surface area contributed by atoms with E-state index in [4.69, 9.17) is 9.47 Å². The average Bonchev–Trinajstić information content (AvgIpc) is 3.13. The van der Waals surface area contributed by atoms with Gasteiger partial charge in [-0.2, -0.15) is 0 Å². The van der Waals surface area contributed by atoms with Crippen molar-refractivity contribution in [1.82, 2.24) is 4.98 Å². The molecule has 0 N–H and O–H groups in total. The summed E-state index contributed by atoms with van der Waals surface area (Å²) in [6.45, 7) is 0.924. The normalized spacial score (nSPS) is 17.0. The molecule has 1 aliphatic rings. The van der Waals surface area contributed by atoms with Crippen LogP contribution in [0.5, 0.6) is 5.75 Å². The van der Waals surface area contributed by atoms with E-state index >= 15 is 0 Å². The summed E-state index contributed by atoms with van der Waals surface area (Å²) in [5, 5.41) is 1.95. The van der Waals surface area contributed by atoms with Gasteiger partial charge < -0.3 is 9.47 Å². The van der Waals surface area contributed by atoms with Crippen LogP contribution in [0.15, 0.2) is 47.3 Å². The zero-order valence-electron chi connectivity index (χ0n) is 12.8. The van der Waals surface area contributed by atoms with Crippen molar-refractivity contribution in [1.29, 1.82) is 0 Å². The maximum absolute atomic E-state index is 12.1. The number of carbonyl (C=O) groups excluding carboxylic acids is 1. The lowest BCUT2D eigenvalue weighted by Crippen LogP contribution is -2.15. The van der Waals surface area contributed by atoms with Crippen molar-refractivity contribution in [3.8, 4) is 5.75 Å². The fraction of sp³-hybridized carbons (Fsp3) is 0.333. The molecule has 1 unspecified atom stereocenters. The summed E-state index contributed by atoms with van der Waals surface area (Å²) in [4.78, 5) is 16.2. The summed E-state index contributed by atoms with van der Waals surface area (Å²) in [5.74, 6) is 0.891. The highest BCUT2D eigenvalue weighted by Gasteiger charge is 2.14. The van der Waals surface area contributed by atoms with Crippen LogP contribution in [0.25, 0.3) is 0 Å². The summed E-state index contributed by atoms with van der Waals surface area (Å²) in [7, 11) is 0. The zero-order chi connectivity index (χ0) is 15.9. The lowest BCUT2D eigenvalue weighted by atomic mass is 9.95. The molecule has 5 heteroatoms. The van der Waals surface area contributed by atoms with Crippen LogP contribution in [0.4, 0.5) is 0 Å². The first kappa shape index (κ1) is 15.7. The minimum atomic E-state index is -0.273. The van der Waals surface area contributed by atoms with Crippen molar-refractivity contribution >= 4 is 17.3 Å². The number of aromatic nitrogens is 1. The molecule has 0 saturated heterocycles. The molecule has 2 aromatic rings. The molecule has 23 heavy (non-hydrogen) atoms. The van der Waals surface area contributed by atoms with Gasteiger partial charge in [-0.05, 0) is 49.4 Å². The van der Waals surface area contributed by atoms with Crippen LogP contribution in [-0.4, -0.2) is 17.6 Å². The van der Waals surface area contributed by atoms with E-state index in [0.717, 1.165) is 25.0 Å². The molecule has 1 heterocycles. The molecule has 0 spiro atoms. The first-order valence-corrected chi connectivity index (χ1v) is 8.67. The van der Waals surface area contributed by atoms with E-state index in [-0.39, 0.29) is 5.97 Å². The zero-order valence-corrected chi connectivity index (χ0v) is 13.6. The molecule has 0 saturated carbocycles. The van der Waals surface area contributed by atoms with Crippen LogP contribution < -0.4 is 4.74 Å². The number of benzene rings is 1. The number of thiazole rings is 1. The second-order valence-electron chi connectivity index (χ2n) is 5.54. The molecule has 0 fully saturated rings. The number of allylic oxidation sites excluding steroid dienone is 2. The third-order valence-electron chi connectivity index (χ3n) is 3.79. The summed E-state index contributed by atoms with van der Waals surface area (Å²) in [6.07, 6.45) is 7.51. The number of carbonyl (C=O) groups is 1. The van der Waals surface area contributed by atoms with Gasteiger partial charge in [-0.3, -0.25) is 0 Å². The number of ether oxygens (including phenoxy) is 2. The Balaban J connectivity index is 1.47. The Kier molecular flexibility index (Phi) is 5.42. The number of hydrogen-bond donors (Lipinski definition) is 0. The molecule has 1 aromatic carbocycles. The van der Waals surface area contributed by atoms with Crippen molar-refractivity contribution in [3.05, 3.63) is 58.6 Å². The van der Waals surface area contributed by atoms with E-state index in [1.807, 2.05) is 5.38 Å². The van der Waals surface area contributed by atoms with E-state index in [2.05, 4.69) is 17.1 Å². The Bertz CT molecular complexity index is 649. The second-order valence-corrected chi connectivity index (χ2v) is 6.26. The van der Waals surface area contributed by atoms with Crippen molar-refractivity contribution < 1.29 is 14.3 Å². The minimum Gasteiger partial charge on any atom is -0.487 e. The summed E-state index contributed by atoms with van der Waals surface area (Å²) in [6, 6.07) is 7.04. The minimum absolute atomic E-state index is 0.273. The fourth-order valence-corrected chi connectivity index (χ4v) is 2.98. The topological polar surface area (TPSA) is 48.4 Å². The van der Waals surface area contributed by atoms with Crippen LogP contribution in [0.3, 0.4) is 0 Å². The van der Waals surface area contributed by atoms with Gasteiger partial charge in [0.15, 0.2) is 0 Å². The molecule has 120 valence electrons. The number of hydrogen-bond acceptors (Lipinski definition) is 5. The van der Waals surface area contributed by atoms with Gasteiger partial charge in [-0.15, -0.1) is 11.3 Å². The molecule has 0 amide bonds. The Morgan fingerprint density at radius 3 is 2.83 bits per heavy atom. The van der Waals surface area contributed by atoms with Crippen LogP contribution in [0.1, 0.15) is 35.3 Å². The van der Waals surface area contributed by atoms with Gasteiger partial charge in [0, 0.05) is 5.38 Å². The van der Waals surface area contributed by atoms with Crippen molar-refractivity contribution in [3.63, 3.8) is 0 Å². The smallest absolute Gasteiger partial charge is 0.338 e. The molecular formula is C18H19NO3S. The van der Waals surface area contributed by atoms with Crippen LogP contribution in [-0.2, 0) is 11.3 Å². The molecule has 0 radical (unpaired) electrons. The van der Waals surface area contributed by atoms with Crippen molar-refractivity contribution in [2.24, 2.45) is 5.92 Å². The van der Waals surface area contributed by atoms with Crippen molar-refractivity contribution in [2.75, 3.05) is 6.61 Å². The lowest BCUT2D eigenvalue weighted by Gasteiger charge is -2.17. The van der Waals surface area contributed by atoms with Gasteiger partial charge in [0.25, 0.3) is 0 Å². The third kappa shape index (κ3) is 4.66. The first-order valence-electron chi connectivity index (χ1n) is 7.73. The third-order valence-corrected chi connectivity index (χ3v) is 4.42. The Morgan fingerprint density at radius 1 is 1.26 bits per heavy atom. The maximum atomic E-state index is 12.1. The SMILES string of the molecule is O=C(OCC1CC=CCC1)c1ccc(OCc2cscn2)cc1. The van der Waals surface area contributed by atoms with E-state index in [0.29, 0.717) is 30.4 Å². The van der Waals surface area contributed by atoms with E-state index in [9.17, 15) is 4.79 Å². The fourth-order valence-electron chi connectivity index (χ4n) is 2.44. The lowest BCUT2D eigenvalue weighted by molar-refractivity contribution is 0.0432. The number of nitrogens with zero attached hydrogens (tertiary/aromatic N) is 1. The summed E-state index contributed by atoms with van der Waals surface area (Å²) in [5.41, 5.74) is 3.23. The highest BCUT2D eigenvalue weighted by Crippen LogP contribution is 2.19. The average molecular weight is 329 g/mol. The molecule has 4 nitrogen and oxygen atoms in total. The van der Waals surface area contributed by atoms with E-state index < -0.39 is 0 Å². The largest absolute Gasteiger partial charge is 0.487 e. The van der Waals surface area contributed by atoms with Crippen molar-refractivity contribution in [2.45, 2.75) is 25.9 Å². The Hall–Kier alpha value is -2.14. The van der Waals surface area contributed by atoms with Gasteiger partial charge in [0.05, 0.1) is 23.4 Å². The highest BCUT2D eigenvalue weighted by molar-refractivity contribution is 7.07. The van der Waals surface area contributed by atoms with Gasteiger partial charge in [-0.1, -0.05) is 12.2 Å². The first-order chi connectivity index (χ1) is 11.3. The monoisotopic (exact) mass is 329 g/mol. The Morgan fingerprint density at radius 2 is 2.13 bits per heavy atom. The molecule has 0 aliphatic heterocycles. The van der Waals surface area contributed by atoms with E-state index in [1.54, 1.807) is 41.1 Å². The molecule has 1 aliphatic carbocycles. The van der Waals surface area contributed by atoms with Gasteiger partial charge in [0.2, 0.25) is 0 Å². The molecular weight excluding hydrogens is 310 g/mol. The van der Waals surface area contributed by atoms with Crippen LogP contribution in [0.2, 0.25) is 0 Å². The molecule has 1 aromatic heterocycles. The van der Waals surface area contributed by atoms with E-state index in [1.165, 1.54) is 0 Å².